The van der Waals surface area contributed by atoms with Crippen LogP contribution in [0, 0.1) is 0 Å². The molecule has 0 aliphatic carbocycles. The third-order valence-electron chi connectivity index (χ3n) is 3.06. The van der Waals surface area contributed by atoms with Crippen molar-refractivity contribution in [2.45, 2.75) is 19.5 Å². The fourth-order valence-corrected chi connectivity index (χ4v) is 1.98. The summed E-state index contributed by atoms with van der Waals surface area (Å²) in [5.74, 6) is 0.925. The fourth-order valence-electron chi connectivity index (χ4n) is 1.98. The first-order chi connectivity index (χ1) is 9.33. The third kappa shape index (κ3) is 2.63. The van der Waals surface area contributed by atoms with Gasteiger partial charge in [0.05, 0.1) is 35.2 Å². The van der Waals surface area contributed by atoms with E-state index in [1.165, 1.54) is 0 Å². The predicted molar refractivity (Wildman–Crippen MR) is 73.5 cm³/mol. The van der Waals surface area contributed by atoms with Crippen LogP contribution < -0.4 is 5.32 Å². The van der Waals surface area contributed by atoms with Crippen LogP contribution in [-0.2, 0) is 6.54 Å². The highest BCUT2D eigenvalue weighted by Gasteiger charge is 2.08. The van der Waals surface area contributed by atoms with Gasteiger partial charge in [-0.3, -0.25) is 4.98 Å². The third-order valence-corrected chi connectivity index (χ3v) is 3.06. The zero-order valence-corrected chi connectivity index (χ0v) is 10.7. The van der Waals surface area contributed by atoms with E-state index in [9.17, 15) is 0 Å². The van der Waals surface area contributed by atoms with Crippen molar-refractivity contribution in [1.82, 2.24) is 15.3 Å². The summed E-state index contributed by atoms with van der Waals surface area (Å²) in [4.78, 5) is 8.97. The van der Waals surface area contributed by atoms with Crippen molar-refractivity contribution in [2.75, 3.05) is 0 Å². The number of nitrogens with zero attached hydrogens (tertiary/aromatic N) is 2. The van der Waals surface area contributed by atoms with Crippen LogP contribution in [-0.4, -0.2) is 9.97 Å². The number of nitrogens with one attached hydrogen (secondary N) is 1. The van der Waals surface area contributed by atoms with Gasteiger partial charge in [0.25, 0.3) is 0 Å². The molecule has 0 aliphatic heterocycles. The highest BCUT2D eigenvalue weighted by molar-refractivity contribution is 5.73. The molecule has 1 atom stereocenters. The standard InChI is InChI=1S/C15H15N3O/c1-11(15-7-4-8-19-15)16-9-12-10-17-13-5-2-3-6-14(13)18-12/h2-8,10-11,16H,9H2,1H3/t11-/m1/s1. The number of hydrogen-bond acceptors (Lipinski definition) is 4. The smallest absolute Gasteiger partial charge is 0.120 e. The molecule has 0 bridgehead atoms. The summed E-state index contributed by atoms with van der Waals surface area (Å²) in [5.41, 5.74) is 2.77. The molecular formula is C15H15N3O. The van der Waals surface area contributed by atoms with Gasteiger partial charge in [0, 0.05) is 6.54 Å². The second-order valence-electron chi connectivity index (χ2n) is 4.47. The molecule has 1 N–H and O–H groups in total. The second kappa shape index (κ2) is 5.20. The van der Waals surface area contributed by atoms with Gasteiger partial charge in [0.15, 0.2) is 0 Å². The minimum atomic E-state index is 0.156. The van der Waals surface area contributed by atoms with Gasteiger partial charge in [-0.2, -0.15) is 0 Å². The molecule has 0 saturated heterocycles. The largest absolute Gasteiger partial charge is 0.468 e. The Labute approximate surface area is 111 Å². The highest BCUT2D eigenvalue weighted by Crippen LogP contribution is 2.13. The van der Waals surface area contributed by atoms with E-state index < -0.39 is 0 Å². The average molecular weight is 253 g/mol. The van der Waals surface area contributed by atoms with Crippen molar-refractivity contribution >= 4 is 11.0 Å². The quantitative estimate of drug-likeness (QED) is 0.776. The van der Waals surface area contributed by atoms with Crippen LogP contribution in [0.15, 0.2) is 53.3 Å². The molecule has 0 amide bonds. The molecule has 3 rings (SSSR count). The van der Waals surface area contributed by atoms with E-state index in [4.69, 9.17) is 4.42 Å². The van der Waals surface area contributed by atoms with Gasteiger partial charge >= 0.3 is 0 Å². The number of benzene rings is 1. The van der Waals surface area contributed by atoms with E-state index in [0.29, 0.717) is 6.54 Å². The van der Waals surface area contributed by atoms with Crippen molar-refractivity contribution in [2.24, 2.45) is 0 Å². The van der Waals surface area contributed by atoms with Crippen LogP contribution in [0.25, 0.3) is 11.0 Å². The zero-order chi connectivity index (χ0) is 13.1. The zero-order valence-electron chi connectivity index (χ0n) is 10.7. The van der Waals surface area contributed by atoms with Gasteiger partial charge in [-0.1, -0.05) is 12.1 Å². The molecule has 2 aromatic heterocycles. The molecule has 3 aromatic rings. The first-order valence-electron chi connectivity index (χ1n) is 6.30. The summed E-state index contributed by atoms with van der Waals surface area (Å²) in [7, 11) is 0. The minimum Gasteiger partial charge on any atom is -0.468 e. The molecule has 4 heteroatoms. The van der Waals surface area contributed by atoms with Crippen LogP contribution in [0.2, 0.25) is 0 Å². The van der Waals surface area contributed by atoms with Crippen LogP contribution in [0.4, 0.5) is 0 Å². The molecule has 4 nitrogen and oxygen atoms in total. The molecule has 0 aliphatic rings. The Morgan fingerprint density at radius 1 is 1.16 bits per heavy atom. The van der Waals surface area contributed by atoms with Gasteiger partial charge < -0.3 is 9.73 Å². The number of para-hydroxylation sites is 2. The van der Waals surface area contributed by atoms with E-state index >= 15 is 0 Å². The van der Waals surface area contributed by atoms with E-state index in [0.717, 1.165) is 22.5 Å². The number of rotatable bonds is 4. The summed E-state index contributed by atoms with van der Waals surface area (Å²) < 4.78 is 5.36. The first kappa shape index (κ1) is 11.9. The van der Waals surface area contributed by atoms with Crippen LogP contribution >= 0.6 is 0 Å². The average Bonchev–Trinajstić information content (AvgIpc) is 2.99. The summed E-state index contributed by atoms with van der Waals surface area (Å²) in [6, 6.07) is 11.9. The Hall–Kier alpha value is -2.20. The molecule has 0 unspecified atom stereocenters. The molecule has 0 fully saturated rings. The summed E-state index contributed by atoms with van der Waals surface area (Å²) in [6.07, 6.45) is 3.49. The van der Waals surface area contributed by atoms with Gasteiger partial charge in [-0.15, -0.1) is 0 Å². The van der Waals surface area contributed by atoms with Crippen molar-refractivity contribution in [3.8, 4) is 0 Å². The Morgan fingerprint density at radius 2 is 2.00 bits per heavy atom. The lowest BCUT2D eigenvalue weighted by Crippen LogP contribution is -2.18. The lowest BCUT2D eigenvalue weighted by molar-refractivity contribution is 0.429. The topological polar surface area (TPSA) is 51.0 Å². The normalized spacial score (nSPS) is 12.7. The Balaban J connectivity index is 1.71. The Kier molecular flexibility index (Phi) is 3.25. The van der Waals surface area contributed by atoms with E-state index in [1.54, 1.807) is 6.26 Å². The van der Waals surface area contributed by atoms with Gasteiger partial charge in [-0.05, 0) is 31.2 Å². The molecule has 19 heavy (non-hydrogen) atoms. The van der Waals surface area contributed by atoms with Crippen LogP contribution in [0.5, 0.6) is 0 Å². The van der Waals surface area contributed by atoms with Crippen LogP contribution in [0.3, 0.4) is 0 Å². The van der Waals surface area contributed by atoms with Crippen molar-refractivity contribution in [1.29, 1.82) is 0 Å². The lowest BCUT2D eigenvalue weighted by Gasteiger charge is -2.10. The lowest BCUT2D eigenvalue weighted by atomic mass is 10.2. The van der Waals surface area contributed by atoms with E-state index in [2.05, 4.69) is 22.2 Å². The fraction of sp³-hybridized carbons (Fsp3) is 0.200. The molecule has 1 aromatic carbocycles. The molecule has 0 radical (unpaired) electrons. The van der Waals surface area contributed by atoms with Gasteiger partial charge in [-0.25, -0.2) is 4.98 Å². The first-order valence-corrected chi connectivity index (χ1v) is 6.30. The molecule has 96 valence electrons. The monoisotopic (exact) mass is 253 g/mol. The maximum atomic E-state index is 5.36. The van der Waals surface area contributed by atoms with E-state index in [1.807, 2.05) is 42.6 Å². The number of furan rings is 1. The van der Waals surface area contributed by atoms with Gasteiger partial charge in [0.2, 0.25) is 0 Å². The Bertz CT molecular complexity index is 664. The Morgan fingerprint density at radius 3 is 2.79 bits per heavy atom. The summed E-state index contributed by atoms with van der Waals surface area (Å²) >= 11 is 0. The molecule has 2 heterocycles. The number of aromatic nitrogens is 2. The van der Waals surface area contributed by atoms with Crippen molar-refractivity contribution < 1.29 is 4.42 Å². The predicted octanol–water partition coefficient (Wildman–Crippen LogP) is 3.07. The van der Waals surface area contributed by atoms with E-state index in [-0.39, 0.29) is 6.04 Å². The maximum Gasteiger partial charge on any atom is 0.120 e. The number of hydrogen-bond donors (Lipinski definition) is 1. The van der Waals surface area contributed by atoms with Crippen LogP contribution in [0.1, 0.15) is 24.4 Å². The van der Waals surface area contributed by atoms with Crippen molar-refractivity contribution in [3.63, 3.8) is 0 Å². The van der Waals surface area contributed by atoms with Crippen molar-refractivity contribution in [3.05, 3.63) is 60.3 Å². The SMILES string of the molecule is C[C@@H](NCc1cnc2ccccc2n1)c1ccco1. The molecular weight excluding hydrogens is 238 g/mol. The molecule has 0 spiro atoms. The number of fused-ring (bicyclic) bond motifs is 1. The summed E-state index contributed by atoms with van der Waals surface area (Å²) in [5, 5.41) is 3.37. The maximum absolute atomic E-state index is 5.36. The summed E-state index contributed by atoms with van der Waals surface area (Å²) in [6.45, 7) is 2.73. The highest BCUT2D eigenvalue weighted by atomic mass is 16.3. The second-order valence-corrected chi connectivity index (χ2v) is 4.47. The minimum absolute atomic E-state index is 0.156. The van der Waals surface area contributed by atoms with Gasteiger partial charge in [0.1, 0.15) is 5.76 Å². The molecule has 0 saturated carbocycles.